The maximum absolute atomic E-state index is 9.69. The molecule has 0 atom stereocenters. The molecule has 4 nitrogen and oxygen atoms in total. The van der Waals surface area contributed by atoms with Crippen molar-refractivity contribution in [1.29, 1.82) is 0 Å². The van der Waals surface area contributed by atoms with Gasteiger partial charge in [-0.1, -0.05) is 91.0 Å². The van der Waals surface area contributed by atoms with Crippen molar-refractivity contribution in [2.45, 2.75) is 12.3 Å². The summed E-state index contributed by atoms with van der Waals surface area (Å²) in [6.45, 7) is 0. The van der Waals surface area contributed by atoms with Crippen LogP contribution in [0.5, 0.6) is 0 Å². The zero-order valence-corrected chi connectivity index (χ0v) is 14.1. The van der Waals surface area contributed by atoms with E-state index >= 15 is 0 Å². The molecule has 26 heavy (non-hydrogen) atoms. The summed E-state index contributed by atoms with van der Waals surface area (Å²) in [5.74, 6) is -1.38. The molecular formula is C22H18N2O2. The summed E-state index contributed by atoms with van der Waals surface area (Å²) >= 11 is 0. The first-order chi connectivity index (χ1) is 12.8. The maximum Gasteiger partial charge on any atom is 0.291 e. The smallest absolute Gasteiger partial charge is 0.247 e. The van der Waals surface area contributed by atoms with Crippen molar-refractivity contribution in [3.63, 3.8) is 0 Å². The van der Waals surface area contributed by atoms with Gasteiger partial charge in [0.25, 0.3) is 5.85 Å². The Morgan fingerprint density at radius 1 is 0.654 bits per heavy atom. The fraction of sp³-hybridized carbons (Fsp3) is 0.0909. The highest BCUT2D eigenvalue weighted by molar-refractivity contribution is 6.54. The van der Waals surface area contributed by atoms with Crippen LogP contribution < -0.4 is 0 Å². The monoisotopic (exact) mass is 342 g/mol. The lowest BCUT2D eigenvalue weighted by Gasteiger charge is -2.18. The molecule has 4 rings (SSSR count). The summed E-state index contributed by atoms with van der Waals surface area (Å²) in [5.41, 5.74) is 4.27. The van der Waals surface area contributed by atoms with E-state index in [0.29, 0.717) is 17.8 Å². The third-order valence-electron chi connectivity index (χ3n) is 4.32. The van der Waals surface area contributed by atoms with Gasteiger partial charge in [0, 0.05) is 17.5 Å². The Labute approximate surface area is 152 Å². The first-order valence-electron chi connectivity index (χ1n) is 8.47. The first kappa shape index (κ1) is 16.4. The molecule has 0 bridgehead atoms. The lowest BCUT2D eigenvalue weighted by Crippen LogP contribution is -2.28. The third-order valence-corrected chi connectivity index (χ3v) is 4.32. The van der Waals surface area contributed by atoms with Crippen molar-refractivity contribution < 1.29 is 10.1 Å². The van der Waals surface area contributed by atoms with Gasteiger partial charge >= 0.3 is 0 Å². The van der Waals surface area contributed by atoms with Crippen molar-refractivity contribution >= 4 is 11.4 Å². The third kappa shape index (κ3) is 3.20. The van der Waals surface area contributed by atoms with E-state index in [0.717, 1.165) is 16.7 Å². The molecule has 4 heteroatoms. The Balaban J connectivity index is 1.82. The Morgan fingerprint density at radius 3 is 1.50 bits per heavy atom. The minimum absolute atomic E-state index is 0.344. The SMILES string of the molecule is OOC1(Cc2ccccc2)N=C(c2ccccc2)C(c2ccccc2)=N1. The standard InChI is InChI=1S/C22H18N2O2/c25-26-22(16-17-10-4-1-5-11-17)23-20(18-12-6-2-7-13-18)21(24-22)19-14-8-3-9-15-19/h1-15,25H,16H2. The van der Waals surface area contributed by atoms with Crippen LogP contribution in [-0.4, -0.2) is 22.5 Å². The van der Waals surface area contributed by atoms with Gasteiger partial charge in [-0.05, 0) is 5.56 Å². The Morgan fingerprint density at radius 2 is 1.08 bits per heavy atom. The number of benzene rings is 3. The number of rotatable bonds is 5. The van der Waals surface area contributed by atoms with E-state index < -0.39 is 5.85 Å². The van der Waals surface area contributed by atoms with E-state index in [1.807, 2.05) is 91.0 Å². The molecule has 1 aliphatic heterocycles. The number of hydrogen-bond acceptors (Lipinski definition) is 4. The van der Waals surface area contributed by atoms with Gasteiger partial charge in [-0.15, -0.1) is 0 Å². The van der Waals surface area contributed by atoms with E-state index in [4.69, 9.17) is 14.9 Å². The lowest BCUT2D eigenvalue weighted by atomic mass is 10.0. The van der Waals surface area contributed by atoms with Crippen LogP contribution in [0, 0.1) is 0 Å². The van der Waals surface area contributed by atoms with E-state index in [-0.39, 0.29) is 0 Å². The molecule has 0 spiro atoms. The second-order valence-corrected chi connectivity index (χ2v) is 6.15. The highest BCUT2D eigenvalue weighted by Crippen LogP contribution is 2.29. The molecule has 0 unspecified atom stereocenters. The summed E-state index contributed by atoms with van der Waals surface area (Å²) in [4.78, 5) is 14.2. The minimum Gasteiger partial charge on any atom is -0.247 e. The number of aliphatic imine (C=N–C) groups is 2. The van der Waals surface area contributed by atoms with Crippen molar-refractivity contribution in [3.05, 3.63) is 108 Å². The van der Waals surface area contributed by atoms with Crippen LogP contribution in [0.25, 0.3) is 0 Å². The molecule has 3 aromatic carbocycles. The average Bonchev–Trinajstić information content (AvgIpc) is 3.10. The van der Waals surface area contributed by atoms with Gasteiger partial charge < -0.3 is 0 Å². The van der Waals surface area contributed by atoms with Gasteiger partial charge in [0.05, 0.1) is 11.4 Å². The number of nitrogens with zero attached hydrogens (tertiary/aromatic N) is 2. The van der Waals surface area contributed by atoms with Crippen molar-refractivity contribution in [2.75, 3.05) is 0 Å². The highest BCUT2D eigenvalue weighted by Gasteiger charge is 2.39. The molecule has 0 aromatic heterocycles. The first-order valence-corrected chi connectivity index (χ1v) is 8.47. The summed E-state index contributed by atoms with van der Waals surface area (Å²) in [5, 5.41) is 9.69. The van der Waals surface area contributed by atoms with Crippen LogP contribution in [0.3, 0.4) is 0 Å². The lowest BCUT2D eigenvalue weighted by molar-refractivity contribution is -0.317. The van der Waals surface area contributed by atoms with Crippen LogP contribution >= 0.6 is 0 Å². The molecule has 0 aliphatic carbocycles. The summed E-state index contributed by atoms with van der Waals surface area (Å²) in [6.07, 6.45) is 0.344. The predicted molar refractivity (Wildman–Crippen MR) is 103 cm³/mol. The van der Waals surface area contributed by atoms with Crippen LogP contribution in [-0.2, 0) is 11.3 Å². The molecule has 1 N–H and O–H groups in total. The molecule has 0 amide bonds. The van der Waals surface area contributed by atoms with Crippen LogP contribution in [0.15, 0.2) is 101 Å². The topological polar surface area (TPSA) is 54.2 Å². The molecule has 3 aromatic rings. The zero-order chi connectivity index (χ0) is 17.8. The summed E-state index contributed by atoms with van der Waals surface area (Å²) < 4.78 is 0. The normalized spacial score (nSPS) is 15.4. The largest absolute Gasteiger partial charge is 0.291 e. The van der Waals surface area contributed by atoms with Gasteiger partial charge in [0.1, 0.15) is 0 Å². The molecule has 0 saturated carbocycles. The highest BCUT2D eigenvalue weighted by atomic mass is 17.1. The van der Waals surface area contributed by atoms with E-state index in [9.17, 15) is 5.26 Å². The van der Waals surface area contributed by atoms with Gasteiger partial charge in [-0.2, -0.15) is 4.89 Å². The van der Waals surface area contributed by atoms with Crippen LogP contribution in [0.2, 0.25) is 0 Å². The molecule has 0 fully saturated rings. The fourth-order valence-electron chi connectivity index (χ4n) is 3.09. The summed E-state index contributed by atoms with van der Waals surface area (Å²) in [6, 6.07) is 29.4. The van der Waals surface area contributed by atoms with E-state index in [1.165, 1.54) is 0 Å². The van der Waals surface area contributed by atoms with Gasteiger partial charge in [-0.25, -0.2) is 15.2 Å². The average molecular weight is 342 g/mol. The van der Waals surface area contributed by atoms with Crippen molar-refractivity contribution in [1.82, 2.24) is 0 Å². The molecule has 0 saturated heterocycles. The van der Waals surface area contributed by atoms with E-state index in [1.54, 1.807) is 0 Å². The molecule has 1 aliphatic rings. The molecule has 0 radical (unpaired) electrons. The van der Waals surface area contributed by atoms with Gasteiger partial charge in [0.2, 0.25) is 0 Å². The maximum atomic E-state index is 9.69. The Hall–Kier alpha value is -3.08. The fourth-order valence-corrected chi connectivity index (χ4v) is 3.09. The summed E-state index contributed by atoms with van der Waals surface area (Å²) in [7, 11) is 0. The molecule has 128 valence electrons. The molecule has 1 heterocycles. The Bertz CT molecular complexity index is 880. The zero-order valence-electron chi connectivity index (χ0n) is 14.1. The van der Waals surface area contributed by atoms with E-state index in [2.05, 4.69) is 0 Å². The van der Waals surface area contributed by atoms with Gasteiger partial charge in [0.15, 0.2) is 0 Å². The molecular weight excluding hydrogens is 324 g/mol. The predicted octanol–water partition coefficient (Wildman–Crippen LogP) is 4.36. The minimum atomic E-state index is -1.38. The number of hydrogen-bond donors (Lipinski definition) is 1. The second-order valence-electron chi connectivity index (χ2n) is 6.15. The Kier molecular flexibility index (Phi) is 4.44. The van der Waals surface area contributed by atoms with Crippen LogP contribution in [0.4, 0.5) is 0 Å². The van der Waals surface area contributed by atoms with Crippen molar-refractivity contribution in [2.24, 2.45) is 9.98 Å². The van der Waals surface area contributed by atoms with Crippen molar-refractivity contribution in [3.8, 4) is 0 Å². The second kappa shape index (κ2) is 7.04. The van der Waals surface area contributed by atoms with Gasteiger partial charge in [-0.3, -0.25) is 0 Å². The van der Waals surface area contributed by atoms with Crippen LogP contribution in [0.1, 0.15) is 16.7 Å². The quantitative estimate of drug-likeness (QED) is 0.553.